The molecule has 138 valence electrons. The van der Waals surface area contributed by atoms with Crippen LogP contribution >= 0.6 is 11.6 Å². The highest BCUT2D eigenvalue weighted by atomic mass is 35.5. The minimum atomic E-state index is -0.861. The highest BCUT2D eigenvalue weighted by Crippen LogP contribution is 2.38. The number of amides is 2. The first kappa shape index (κ1) is 17.5. The molecule has 7 heteroatoms. The number of halogens is 1. The molecule has 2 aromatic rings. The lowest BCUT2D eigenvalue weighted by molar-refractivity contribution is -0.145. The molecule has 6 nitrogen and oxygen atoms in total. The third-order valence-corrected chi connectivity index (χ3v) is 5.26. The Hall–Kier alpha value is -2.86. The summed E-state index contributed by atoms with van der Waals surface area (Å²) in [5.74, 6) is -0.978. The average Bonchev–Trinajstić information content (AvgIpc) is 3.21. The average molecular weight is 385 g/mol. The molecule has 1 fully saturated rings. The van der Waals surface area contributed by atoms with Gasteiger partial charge in [0.25, 0.3) is 0 Å². The van der Waals surface area contributed by atoms with Gasteiger partial charge >= 0.3 is 5.97 Å². The van der Waals surface area contributed by atoms with Crippen LogP contribution in [0.25, 0.3) is 0 Å². The largest absolute Gasteiger partial charge is 0.433 e. The molecule has 0 spiro atoms. The van der Waals surface area contributed by atoms with Gasteiger partial charge in [0.2, 0.25) is 18.0 Å². The van der Waals surface area contributed by atoms with Crippen molar-refractivity contribution in [3.63, 3.8) is 0 Å². The molecule has 27 heavy (non-hydrogen) atoms. The van der Waals surface area contributed by atoms with Crippen LogP contribution in [0.5, 0.6) is 0 Å². The van der Waals surface area contributed by atoms with E-state index in [1.807, 2.05) is 18.2 Å². The predicted octanol–water partition coefficient (Wildman–Crippen LogP) is 2.82. The van der Waals surface area contributed by atoms with Crippen molar-refractivity contribution in [2.24, 2.45) is 0 Å². The lowest BCUT2D eigenvalue weighted by Gasteiger charge is -2.29. The predicted molar refractivity (Wildman–Crippen MR) is 97.8 cm³/mol. The third-order valence-electron chi connectivity index (χ3n) is 4.89. The molecule has 2 aliphatic heterocycles. The second-order valence-electron chi connectivity index (χ2n) is 6.51. The van der Waals surface area contributed by atoms with Crippen molar-refractivity contribution in [3.05, 3.63) is 70.2 Å². The zero-order chi connectivity index (χ0) is 19.0. The Bertz CT molecular complexity index is 930. The monoisotopic (exact) mass is 384 g/mol. The van der Waals surface area contributed by atoms with Gasteiger partial charge in [0, 0.05) is 23.6 Å². The number of likely N-dealkylation sites (tertiary alicyclic amines) is 1. The Labute approximate surface area is 161 Å². The molecule has 2 aliphatic rings. The highest BCUT2D eigenvalue weighted by Gasteiger charge is 2.46. The number of ether oxygens (including phenoxy) is 1. The molecule has 1 saturated heterocycles. The SMILES string of the molecule is O=C1O[C@H](N2C(=O)CC[C@H]2C(=O)NCc2ccccc2Cl)c2ccccc21. The fourth-order valence-corrected chi connectivity index (χ4v) is 3.73. The maximum Gasteiger partial charge on any atom is 0.340 e. The topological polar surface area (TPSA) is 75.7 Å². The van der Waals surface area contributed by atoms with Crippen molar-refractivity contribution in [1.82, 2.24) is 10.2 Å². The number of carbonyl (C=O) groups excluding carboxylic acids is 3. The van der Waals surface area contributed by atoms with E-state index in [1.54, 1.807) is 30.3 Å². The standard InChI is InChI=1S/C20H17ClN2O4/c21-15-8-4-1-5-12(15)11-22-18(25)16-9-10-17(24)23(16)19-13-6-2-3-7-14(13)20(26)27-19/h1-8,16,19H,9-11H2,(H,22,25)/t16-,19-/m0/s1. The molecule has 4 rings (SSSR count). The van der Waals surface area contributed by atoms with Crippen molar-refractivity contribution < 1.29 is 19.1 Å². The summed E-state index contributed by atoms with van der Waals surface area (Å²) in [6.07, 6.45) is -0.246. The smallest absolute Gasteiger partial charge is 0.340 e. The molecule has 0 unspecified atom stereocenters. The summed E-state index contributed by atoms with van der Waals surface area (Å²) in [5, 5.41) is 3.40. The first-order chi connectivity index (χ1) is 13.1. The molecule has 0 saturated carbocycles. The van der Waals surface area contributed by atoms with Gasteiger partial charge in [0.15, 0.2) is 0 Å². The third kappa shape index (κ3) is 3.17. The van der Waals surface area contributed by atoms with Crippen LogP contribution in [0.15, 0.2) is 48.5 Å². The zero-order valence-corrected chi connectivity index (χ0v) is 15.1. The van der Waals surface area contributed by atoms with Crippen molar-refractivity contribution in [1.29, 1.82) is 0 Å². The van der Waals surface area contributed by atoms with Crippen LogP contribution in [0.2, 0.25) is 5.02 Å². The van der Waals surface area contributed by atoms with E-state index in [0.29, 0.717) is 22.6 Å². The van der Waals surface area contributed by atoms with Crippen LogP contribution < -0.4 is 5.32 Å². The van der Waals surface area contributed by atoms with Crippen molar-refractivity contribution in [2.45, 2.75) is 31.7 Å². The number of fused-ring (bicyclic) bond motifs is 1. The maximum atomic E-state index is 12.7. The van der Waals surface area contributed by atoms with E-state index >= 15 is 0 Å². The fourth-order valence-electron chi connectivity index (χ4n) is 3.53. The Kier molecular flexibility index (Phi) is 4.58. The lowest BCUT2D eigenvalue weighted by atomic mass is 10.1. The van der Waals surface area contributed by atoms with Crippen molar-refractivity contribution in [2.75, 3.05) is 0 Å². The summed E-state index contributed by atoms with van der Waals surface area (Å²) < 4.78 is 5.41. The fraction of sp³-hybridized carbons (Fsp3) is 0.250. The van der Waals surface area contributed by atoms with Crippen molar-refractivity contribution >= 4 is 29.4 Å². The van der Waals surface area contributed by atoms with Gasteiger partial charge in [0.05, 0.1) is 5.56 Å². The molecule has 0 bridgehead atoms. The minimum Gasteiger partial charge on any atom is -0.433 e. The first-order valence-corrected chi connectivity index (χ1v) is 9.06. The summed E-state index contributed by atoms with van der Waals surface area (Å²) in [4.78, 5) is 38.7. The number of rotatable bonds is 4. The quantitative estimate of drug-likeness (QED) is 0.822. The number of nitrogens with zero attached hydrogens (tertiary/aromatic N) is 1. The molecule has 2 aromatic carbocycles. The first-order valence-electron chi connectivity index (χ1n) is 8.68. The Morgan fingerprint density at radius 1 is 1.15 bits per heavy atom. The van der Waals surface area contributed by atoms with Crippen LogP contribution in [-0.4, -0.2) is 28.7 Å². The molecule has 0 radical (unpaired) electrons. The van der Waals surface area contributed by atoms with Gasteiger partial charge in [-0.1, -0.05) is 48.0 Å². The molecule has 0 aliphatic carbocycles. The van der Waals surface area contributed by atoms with E-state index < -0.39 is 18.2 Å². The van der Waals surface area contributed by atoms with Crippen molar-refractivity contribution in [3.8, 4) is 0 Å². The van der Waals surface area contributed by atoms with Gasteiger partial charge in [-0.05, 0) is 24.1 Å². The van der Waals surface area contributed by atoms with Gasteiger partial charge in [-0.2, -0.15) is 0 Å². The number of hydrogen-bond acceptors (Lipinski definition) is 4. The highest BCUT2D eigenvalue weighted by molar-refractivity contribution is 6.31. The second-order valence-corrected chi connectivity index (χ2v) is 6.92. The summed E-state index contributed by atoms with van der Waals surface area (Å²) in [7, 11) is 0. The number of hydrogen-bond donors (Lipinski definition) is 1. The molecular weight excluding hydrogens is 368 g/mol. The molecule has 2 atom stereocenters. The van der Waals surface area contributed by atoms with Gasteiger partial charge in [0.1, 0.15) is 6.04 Å². The lowest BCUT2D eigenvalue weighted by Crippen LogP contribution is -2.46. The summed E-state index contributed by atoms with van der Waals surface area (Å²) >= 11 is 6.12. The Morgan fingerprint density at radius 2 is 1.89 bits per heavy atom. The Morgan fingerprint density at radius 3 is 2.70 bits per heavy atom. The van der Waals surface area contributed by atoms with Gasteiger partial charge in [-0.25, -0.2) is 4.79 Å². The van der Waals surface area contributed by atoms with Gasteiger partial charge in [-0.15, -0.1) is 0 Å². The van der Waals surface area contributed by atoms with E-state index in [2.05, 4.69) is 5.32 Å². The van der Waals surface area contributed by atoms with E-state index in [1.165, 1.54) is 4.90 Å². The summed E-state index contributed by atoms with van der Waals surface area (Å²) in [6.45, 7) is 0.262. The zero-order valence-electron chi connectivity index (χ0n) is 14.4. The summed E-state index contributed by atoms with van der Waals surface area (Å²) in [6, 6.07) is 13.5. The van der Waals surface area contributed by atoms with Gasteiger partial charge in [-0.3, -0.25) is 14.5 Å². The van der Waals surface area contributed by atoms with E-state index in [-0.39, 0.29) is 24.8 Å². The van der Waals surface area contributed by atoms with Crippen LogP contribution in [0.4, 0.5) is 0 Å². The number of cyclic esters (lactones) is 1. The molecule has 1 N–H and O–H groups in total. The van der Waals surface area contributed by atoms with Gasteiger partial charge < -0.3 is 10.1 Å². The number of esters is 1. The minimum absolute atomic E-state index is 0.206. The number of nitrogens with one attached hydrogen (secondary N) is 1. The molecule has 0 aromatic heterocycles. The second kappa shape index (κ2) is 7.04. The summed E-state index contributed by atoms with van der Waals surface area (Å²) in [5.41, 5.74) is 1.83. The molecule has 2 heterocycles. The van der Waals surface area contributed by atoms with Crippen LogP contribution in [0, 0.1) is 0 Å². The molecular formula is C20H17ClN2O4. The maximum absolute atomic E-state index is 12.7. The number of carbonyl (C=O) groups is 3. The van der Waals surface area contributed by atoms with Crippen LogP contribution in [0.1, 0.15) is 40.6 Å². The van der Waals surface area contributed by atoms with E-state index in [0.717, 1.165) is 5.56 Å². The van der Waals surface area contributed by atoms with E-state index in [4.69, 9.17) is 16.3 Å². The van der Waals surface area contributed by atoms with E-state index in [9.17, 15) is 14.4 Å². The van der Waals surface area contributed by atoms with Crippen LogP contribution in [-0.2, 0) is 20.9 Å². The molecule has 2 amide bonds. The van der Waals surface area contributed by atoms with Crippen LogP contribution in [0.3, 0.4) is 0 Å². The number of benzene rings is 2. The normalized spacial score (nSPS) is 21.1. The Balaban J connectivity index is 1.53.